The molecule has 0 atom stereocenters. The first-order valence-corrected chi connectivity index (χ1v) is 10.6. The van der Waals surface area contributed by atoms with Gasteiger partial charge in [-0.1, -0.05) is 29.8 Å². The molecule has 0 aliphatic carbocycles. The lowest BCUT2D eigenvalue weighted by atomic mass is 9.94. The molecule has 7 heteroatoms. The molecule has 6 nitrogen and oxygen atoms in total. The van der Waals surface area contributed by atoms with Gasteiger partial charge in [-0.05, 0) is 42.5 Å². The molecule has 2 aliphatic rings. The van der Waals surface area contributed by atoms with Crippen LogP contribution < -0.4 is 10.5 Å². The Hall–Kier alpha value is -2.70. The molecule has 0 spiro atoms. The Balaban J connectivity index is 1.69. The van der Waals surface area contributed by atoms with E-state index in [-0.39, 0.29) is 11.6 Å². The third kappa shape index (κ3) is 3.40. The van der Waals surface area contributed by atoms with Crippen LogP contribution in [0.4, 0.5) is 5.69 Å². The highest BCUT2D eigenvalue weighted by molar-refractivity contribution is 6.29. The van der Waals surface area contributed by atoms with E-state index in [4.69, 9.17) is 21.3 Å². The molecule has 5 rings (SSSR count). The number of anilines is 1. The van der Waals surface area contributed by atoms with Gasteiger partial charge in [-0.25, -0.2) is 9.97 Å². The van der Waals surface area contributed by atoms with Crippen molar-refractivity contribution in [3.8, 4) is 0 Å². The molecule has 30 heavy (non-hydrogen) atoms. The molecule has 2 aliphatic heterocycles. The molecule has 154 valence electrons. The SMILES string of the molecule is CN1CC=Cc2c(Cc3ccc(Cl)nc3)cc3c(=O)n(C4CCOCC4)cnc3c21. The Bertz CT molecular complexity index is 1180. The Labute approximate surface area is 179 Å². The van der Waals surface area contributed by atoms with Crippen molar-refractivity contribution in [1.29, 1.82) is 0 Å². The second kappa shape index (κ2) is 7.85. The number of aromatic nitrogens is 3. The molecule has 3 aromatic rings. The van der Waals surface area contributed by atoms with Gasteiger partial charge in [0.2, 0.25) is 0 Å². The van der Waals surface area contributed by atoms with Gasteiger partial charge in [0.15, 0.2) is 0 Å². The Kier molecular flexibility index (Phi) is 5.05. The van der Waals surface area contributed by atoms with E-state index in [1.54, 1.807) is 23.2 Å². The number of benzene rings is 1. The number of likely N-dealkylation sites (N-methyl/N-ethyl adjacent to an activating group) is 1. The molecule has 0 saturated carbocycles. The summed E-state index contributed by atoms with van der Waals surface area (Å²) in [5.41, 5.74) is 5.06. The Morgan fingerprint density at radius 2 is 2.07 bits per heavy atom. The molecule has 1 saturated heterocycles. The van der Waals surface area contributed by atoms with Crippen LogP contribution >= 0.6 is 11.6 Å². The largest absolute Gasteiger partial charge is 0.381 e. The number of hydrogen-bond donors (Lipinski definition) is 0. The lowest BCUT2D eigenvalue weighted by Crippen LogP contribution is -2.30. The lowest BCUT2D eigenvalue weighted by Gasteiger charge is -2.28. The highest BCUT2D eigenvalue weighted by atomic mass is 35.5. The first-order chi connectivity index (χ1) is 14.6. The van der Waals surface area contributed by atoms with Crippen molar-refractivity contribution in [3.63, 3.8) is 0 Å². The predicted octanol–water partition coefficient (Wildman–Crippen LogP) is 3.85. The van der Waals surface area contributed by atoms with Gasteiger partial charge in [0, 0.05) is 44.6 Å². The molecule has 0 N–H and O–H groups in total. The maximum absolute atomic E-state index is 13.5. The lowest BCUT2D eigenvalue weighted by molar-refractivity contribution is 0.0685. The van der Waals surface area contributed by atoms with E-state index in [9.17, 15) is 4.79 Å². The normalized spacial score (nSPS) is 16.8. The summed E-state index contributed by atoms with van der Waals surface area (Å²) in [6.45, 7) is 2.15. The Morgan fingerprint density at radius 1 is 1.23 bits per heavy atom. The van der Waals surface area contributed by atoms with Gasteiger partial charge in [-0.15, -0.1) is 0 Å². The van der Waals surface area contributed by atoms with E-state index in [0.717, 1.165) is 47.3 Å². The quantitative estimate of drug-likeness (QED) is 0.600. The van der Waals surface area contributed by atoms with Crippen LogP contribution in [0.25, 0.3) is 17.0 Å². The summed E-state index contributed by atoms with van der Waals surface area (Å²) in [5.74, 6) is 0. The topological polar surface area (TPSA) is 60.2 Å². The van der Waals surface area contributed by atoms with Gasteiger partial charge in [0.1, 0.15) is 10.7 Å². The average molecular weight is 423 g/mol. The van der Waals surface area contributed by atoms with E-state index in [1.807, 2.05) is 19.2 Å². The summed E-state index contributed by atoms with van der Waals surface area (Å²) >= 11 is 5.95. The third-order valence-corrected chi connectivity index (χ3v) is 6.21. The number of hydrogen-bond acceptors (Lipinski definition) is 5. The maximum atomic E-state index is 13.5. The fraction of sp³-hybridized carbons (Fsp3) is 0.348. The smallest absolute Gasteiger partial charge is 0.261 e. The molecule has 1 fully saturated rings. The molecule has 0 radical (unpaired) electrons. The van der Waals surface area contributed by atoms with Gasteiger partial charge in [0.25, 0.3) is 5.56 Å². The number of fused-ring (bicyclic) bond motifs is 3. The van der Waals surface area contributed by atoms with Crippen LogP contribution in [0.2, 0.25) is 5.15 Å². The molecule has 2 aromatic heterocycles. The van der Waals surface area contributed by atoms with Crippen LogP contribution in [0.3, 0.4) is 0 Å². The number of nitrogens with zero attached hydrogens (tertiary/aromatic N) is 4. The predicted molar refractivity (Wildman–Crippen MR) is 119 cm³/mol. The van der Waals surface area contributed by atoms with Crippen LogP contribution in [0, 0.1) is 0 Å². The maximum Gasteiger partial charge on any atom is 0.261 e. The molecule has 0 unspecified atom stereocenters. The van der Waals surface area contributed by atoms with Crippen molar-refractivity contribution < 1.29 is 4.74 Å². The number of pyridine rings is 1. The molecule has 4 heterocycles. The van der Waals surface area contributed by atoms with Gasteiger partial charge < -0.3 is 9.64 Å². The fourth-order valence-electron chi connectivity index (χ4n) is 4.43. The third-order valence-electron chi connectivity index (χ3n) is 5.99. The number of ether oxygens (including phenoxy) is 1. The van der Waals surface area contributed by atoms with Crippen molar-refractivity contribution in [2.75, 3.05) is 31.7 Å². The summed E-state index contributed by atoms with van der Waals surface area (Å²) in [5, 5.41) is 1.14. The summed E-state index contributed by atoms with van der Waals surface area (Å²) in [7, 11) is 2.04. The first-order valence-electron chi connectivity index (χ1n) is 10.2. The number of rotatable bonds is 3. The zero-order valence-electron chi connectivity index (χ0n) is 16.8. The van der Waals surface area contributed by atoms with E-state index < -0.39 is 0 Å². The highest BCUT2D eigenvalue weighted by Crippen LogP contribution is 2.35. The summed E-state index contributed by atoms with van der Waals surface area (Å²) < 4.78 is 7.26. The standard InChI is InChI=1S/C23H23ClN4O2/c1-27-8-2-3-18-16(11-15-4-5-20(24)25-13-15)12-19-21(22(18)27)26-14-28(23(19)29)17-6-9-30-10-7-17/h2-5,12-14,17H,6-11H2,1H3. The van der Waals surface area contributed by atoms with Crippen LogP contribution in [-0.4, -0.2) is 41.3 Å². The van der Waals surface area contributed by atoms with E-state index in [0.29, 0.717) is 30.2 Å². The van der Waals surface area contributed by atoms with Crippen LogP contribution in [0.1, 0.15) is 35.6 Å². The van der Waals surface area contributed by atoms with Gasteiger partial charge in [-0.3, -0.25) is 9.36 Å². The van der Waals surface area contributed by atoms with Crippen molar-refractivity contribution >= 4 is 34.3 Å². The minimum atomic E-state index is 0.0214. The van der Waals surface area contributed by atoms with Crippen molar-refractivity contribution in [1.82, 2.24) is 14.5 Å². The Morgan fingerprint density at radius 3 is 2.83 bits per heavy atom. The summed E-state index contributed by atoms with van der Waals surface area (Å²) in [6, 6.07) is 5.93. The van der Waals surface area contributed by atoms with Crippen LogP contribution in [0.15, 0.2) is 41.6 Å². The molecule has 1 aromatic carbocycles. The van der Waals surface area contributed by atoms with Gasteiger partial charge >= 0.3 is 0 Å². The van der Waals surface area contributed by atoms with Crippen LogP contribution in [-0.2, 0) is 11.2 Å². The molecule has 0 amide bonds. The fourth-order valence-corrected chi connectivity index (χ4v) is 4.54. The highest BCUT2D eigenvalue weighted by Gasteiger charge is 2.23. The number of halogens is 1. The van der Waals surface area contributed by atoms with Crippen molar-refractivity contribution in [3.05, 3.63) is 69.0 Å². The average Bonchev–Trinajstić information content (AvgIpc) is 2.77. The van der Waals surface area contributed by atoms with E-state index in [2.05, 4.69) is 22.0 Å². The van der Waals surface area contributed by atoms with Crippen molar-refractivity contribution in [2.24, 2.45) is 0 Å². The van der Waals surface area contributed by atoms with E-state index in [1.165, 1.54) is 0 Å². The van der Waals surface area contributed by atoms with Crippen molar-refractivity contribution in [2.45, 2.75) is 25.3 Å². The monoisotopic (exact) mass is 422 g/mol. The zero-order chi connectivity index (χ0) is 20.7. The molecular weight excluding hydrogens is 400 g/mol. The second-order valence-electron chi connectivity index (χ2n) is 7.94. The van der Waals surface area contributed by atoms with Crippen LogP contribution in [0.5, 0.6) is 0 Å². The molecular formula is C23H23ClN4O2. The van der Waals surface area contributed by atoms with Gasteiger partial charge in [0.05, 0.1) is 17.4 Å². The summed E-state index contributed by atoms with van der Waals surface area (Å²) in [4.78, 5) is 24.6. The molecule has 0 bridgehead atoms. The first kappa shape index (κ1) is 19.3. The minimum Gasteiger partial charge on any atom is -0.381 e. The zero-order valence-corrected chi connectivity index (χ0v) is 17.6. The minimum absolute atomic E-state index is 0.0214. The van der Waals surface area contributed by atoms with E-state index >= 15 is 0 Å². The summed E-state index contributed by atoms with van der Waals surface area (Å²) in [6.07, 6.45) is 10.1. The second-order valence-corrected chi connectivity index (χ2v) is 8.33. The van der Waals surface area contributed by atoms with Gasteiger partial charge in [-0.2, -0.15) is 0 Å².